The Morgan fingerprint density at radius 1 is 1.25 bits per heavy atom. The van der Waals surface area contributed by atoms with E-state index in [1.54, 1.807) is 0 Å². The van der Waals surface area contributed by atoms with Gasteiger partial charge >= 0.3 is 0 Å². The van der Waals surface area contributed by atoms with Crippen molar-refractivity contribution in [3.05, 3.63) is 0 Å². The number of morpholine rings is 1. The predicted molar refractivity (Wildman–Crippen MR) is 72.7 cm³/mol. The lowest BCUT2D eigenvalue weighted by molar-refractivity contribution is 0.0225. The molecule has 1 saturated heterocycles. The molecule has 1 aliphatic rings. The fourth-order valence-corrected chi connectivity index (χ4v) is 2.70. The maximum absolute atomic E-state index is 11.8. The summed E-state index contributed by atoms with van der Waals surface area (Å²) >= 11 is 0. The molecule has 0 unspecified atom stereocenters. The summed E-state index contributed by atoms with van der Waals surface area (Å²) in [5, 5.41) is 18.3. The predicted octanol–water partition coefficient (Wildman–Crippen LogP) is -2.41. The molecule has 120 valence electrons. The lowest BCUT2D eigenvalue weighted by Crippen LogP contribution is -2.43. The zero-order valence-electron chi connectivity index (χ0n) is 11.5. The van der Waals surface area contributed by atoms with Gasteiger partial charge in [-0.3, -0.25) is 9.08 Å². The third-order valence-electron chi connectivity index (χ3n) is 3.41. The van der Waals surface area contributed by atoms with E-state index in [1.807, 2.05) is 4.90 Å². The van der Waals surface area contributed by atoms with Crippen molar-refractivity contribution < 1.29 is 27.6 Å². The summed E-state index contributed by atoms with van der Waals surface area (Å²) in [6, 6.07) is 0. The van der Waals surface area contributed by atoms with Crippen LogP contribution in [0.15, 0.2) is 0 Å². The highest BCUT2D eigenvalue weighted by Crippen LogP contribution is 2.15. The first-order valence-electron chi connectivity index (χ1n) is 6.56. The van der Waals surface area contributed by atoms with Crippen LogP contribution in [-0.4, -0.2) is 88.5 Å². The van der Waals surface area contributed by atoms with Crippen LogP contribution in [0.5, 0.6) is 0 Å². The van der Waals surface area contributed by atoms with Crippen molar-refractivity contribution in [3.63, 3.8) is 0 Å². The lowest BCUT2D eigenvalue weighted by atomic mass is 9.92. The van der Waals surface area contributed by atoms with E-state index < -0.39 is 28.7 Å². The van der Waals surface area contributed by atoms with Crippen LogP contribution in [0.25, 0.3) is 0 Å². The molecule has 8 nitrogen and oxygen atoms in total. The van der Waals surface area contributed by atoms with Gasteiger partial charge in [-0.1, -0.05) is 0 Å². The van der Waals surface area contributed by atoms with E-state index in [-0.39, 0.29) is 18.9 Å². The number of rotatable bonds is 9. The molecule has 0 saturated carbocycles. The largest absolute Gasteiger partial charge is 0.396 e. The van der Waals surface area contributed by atoms with Crippen LogP contribution >= 0.6 is 0 Å². The average Bonchev–Trinajstić information content (AvgIpc) is 2.48. The van der Waals surface area contributed by atoms with Crippen LogP contribution in [-0.2, 0) is 19.0 Å². The zero-order chi connectivity index (χ0) is 15.1. The van der Waals surface area contributed by atoms with Gasteiger partial charge in [0.2, 0.25) is 0 Å². The second kappa shape index (κ2) is 8.23. The minimum atomic E-state index is -3.70. The number of hydrogen-bond donors (Lipinski definition) is 3. The molecular weight excluding hydrogens is 288 g/mol. The Bertz CT molecular complexity index is 357. The highest BCUT2D eigenvalue weighted by atomic mass is 32.2. The average molecular weight is 312 g/mol. The highest BCUT2D eigenvalue weighted by Gasteiger charge is 2.30. The number of aliphatic hydroxyl groups excluding tert-OH is 2. The molecule has 0 atom stereocenters. The van der Waals surface area contributed by atoms with E-state index in [4.69, 9.17) is 14.7 Å². The minimum Gasteiger partial charge on any atom is -0.396 e. The smallest absolute Gasteiger partial charge is 0.268 e. The van der Waals surface area contributed by atoms with Crippen LogP contribution in [0.4, 0.5) is 0 Å². The Morgan fingerprint density at radius 3 is 2.35 bits per heavy atom. The molecule has 0 bridgehead atoms. The second-order valence-corrected chi connectivity index (χ2v) is 6.76. The molecule has 4 N–H and O–H groups in total. The SMILES string of the molecule is NCC(CO)(CO)COS(=O)(=O)CCN1CCOCC1. The monoisotopic (exact) mass is 312 g/mol. The van der Waals surface area contributed by atoms with E-state index in [2.05, 4.69) is 0 Å². The highest BCUT2D eigenvalue weighted by molar-refractivity contribution is 7.86. The zero-order valence-corrected chi connectivity index (χ0v) is 12.3. The summed E-state index contributed by atoms with van der Waals surface area (Å²) < 4.78 is 33.6. The molecule has 0 radical (unpaired) electrons. The van der Waals surface area contributed by atoms with E-state index in [1.165, 1.54) is 0 Å². The summed E-state index contributed by atoms with van der Waals surface area (Å²) in [7, 11) is -3.70. The van der Waals surface area contributed by atoms with Crippen molar-refractivity contribution in [2.45, 2.75) is 0 Å². The van der Waals surface area contributed by atoms with Gasteiger partial charge in [0.1, 0.15) is 0 Å². The molecule has 1 heterocycles. The Balaban J connectivity index is 2.40. The van der Waals surface area contributed by atoms with Gasteiger partial charge in [-0.05, 0) is 0 Å². The third-order valence-corrected chi connectivity index (χ3v) is 4.57. The van der Waals surface area contributed by atoms with Crippen molar-refractivity contribution in [2.24, 2.45) is 11.1 Å². The van der Waals surface area contributed by atoms with Crippen molar-refractivity contribution in [2.75, 3.05) is 65.0 Å². The Labute approximate surface area is 119 Å². The summed E-state index contributed by atoms with van der Waals surface area (Å²) in [6.45, 7) is 1.75. The molecule has 9 heteroatoms. The lowest BCUT2D eigenvalue weighted by Gasteiger charge is -2.28. The molecule has 1 rings (SSSR count). The summed E-state index contributed by atoms with van der Waals surface area (Å²) in [5.41, 5.74) is 4.31. The van der Waals surface area contributed by atoms with Gasteiger partial charge in [0.25, 0.3) is 10.1 Å². The fraction of sp³-hybridized carbons (Fsp3) is 1.00. The summed E-state index contributed by atoms with van der Waals surface area (Å²) in [4.78, 5) is 1.98. The molecule has 1 fully saturated rings. The first-order chi connectivity index (χ1) is 9.47. The first kappa shape index (κ1) is 17.8. The maximum Gasteiger partial charge on any atom is 0.268 e. The molecule has 0 spiro atoms. The standard InChI is InChI=1S/C11H24N2O6S/c12-7-11(8-14,9-15)10-19-20(16,17)6-3-13-1-4-18-5-2-13/h14-15H,1-10,12H2. The van der Waals surface area contributed by atoms with E-state index in [0.717, 1.165) is 0 Å². The quantitative estimate of drug-likeness (QED) is 0.403. The van der Waals surface area contributed by atoms with Gasteiger partial charge in [-0.2, -0.15) is 8.42 Å². The second-order valence-electron chi connectivity index (χ2n) is 5.00. The Hall–Kier alpha value is -0.290. The van der Waals surface area contributed by atoms with Crippen molar-refractivity contribution >= 4 is 10.1 Å². The summed E-state index contributed by atoms with van der Waals surface area (Å²) in [6.07, 6.45) is 0. The van der Waals surface area contributed by atoms with Crippen LogP contribution in [0.3, 0.4) is 0 Å². The molecule has 0 aromatic heterocycles. The third kappa shape index (κ3) is 5.60. The van der Waals surface area contributed by atoms with Crippen LogP contribution in [0.2, 0.25) is 0 Å². The molecule has 0 aromatic carbocycles. The Morgan fingerprint density at radius 2 is 1.85 bits per heavy atom. The van der Waals surface area contributed by atoms with E-state index >= 15 is 0 Å². The van der Waals surface area contributed by atoms with Crippen LogP contribution < -0.4 is 5.73 Å². The molecule has 0 aromatic rings. The van der Waals surface area contributed by atoms with Crippen molar-refractivity contribution in [1.82, 2.24) is 4.90 Å². The molecule has 20 heavy (non-hydrogen) atoms. The number of hydrogen-bond acceptors (Lipinski definition) is 8. The number of nitrogens with two attached hydrogens (primary N) is 1. The van der Waals surface area contributed by atoms with E-state index in [0.29, 0.717) is 32.8 Å². The normalized spacial score (nSPS) is 18.4. The van der Waals surface area contributed by atoms with Gasteiger partial charge in [0, 0.05) is 26.2 Å². The van der Waals surface area contributed by atoms with E-state index in [9.17, 15) is 18.6 Å². The van der Waals surface area contributed by atoms with Crippen LogP contribution in [0.1, 0.15) is 0 Å². The van der Waals surface area contributed by atoms with Gasteiger partial charge in [-0.25, -0.2) is 0 Å². The fourth-order valence-electron chi connectivity index (χ4n) is 1.67. The van der Waals surface area contributed by atoms with Gasteiger partial charge in [-0.15, -0.1) is 0 Å². The van der Waals surface area contributed by atoms with Crippen LogP contribution in [0, 0.1) is 5.41 Å². The topological polar surface area (TPSA) is 122 Å². The summed E-state index contributed by atoms with van der Waals surface area (Å²) in [5.74, 6) is -0.134. The minimum absolute atomic E-state index is 0.0566. The maximum atomic E-state index is 11.8. The number of nitrogens with zero attached hydrogens (tertiary/aromatic N) is 1. The number of ether oxygens (including phenoxy) is 1. The Kier molecular flexibility index (Phi) is 7.30. The van der Waals surface area contributed by atoms with Gasteiger partial charge in [0.15, 0.2) is 0 Å². The number of aliphatic hydroxyl groups is 2. The van der Waals surface area contributed by atoms with Crippen molar-refractivity contribution in [3.8, 4) is 0 Å². The molecule has 0 aliphatic carbocycles. The first-order valence-corrected chi connectivity index (χ1v) is 8.14. The molecular formula is C11H24N2O6S. The van der Waals surface area contributed by atoms with Crippen molar-refractivity contribution in [1.29, 1.82) is 0 Å². The molecule has 0 amide bonds. The van der Waals surface area contributed by atoms with Gasteiger partial charge in [0.05, 0.1) is 44.2 Å². The van der Waals surface area contributed by atoms with Gasteiger partial charge < -0.3 is 20.7 Å². The molecule has 1 aliphatic heterocycles.